The molecule has 0 N–H and O–H groups in total. The number of aromatic nitrogens is 1. The van der Waals surface area contributed by atoms with Gasteiger partial charge in [-0.05, 0) is 35.3 Å². The van der Waals surface area contributed by atoms with Crippen LogP contribution in [0.25, 0.3) is 5.57 Å². The molecule has 1 heterocycles. The highest BCUT2D eigenvalue weighted by Gasteiger charge is 2.41. The predicted octanol–water partition coefficient (Wildman–Crippen LogP) is 4.56. The van der Waals surface area contributed by atoms with Crippen molar-refractivity contribution in [3.63, 3.8) is 0 Å². The van der Waals surface area contributed by atoms with Crippen LogP contribution in [0.4, 0.5) is 0 Å². The molecule has 2 rings (SSSR count). The van der Waals surface area contributed by atoms with Gasteiger partial charge in [0.05, 0.1) is 6.10 Å². The molecule has 0 bridgehead atoms. The fourth-order valence-corrected chi connectivity index (χ4v) is 3.34. The Morgan fingerprint density at radius 2 is 2.06 bits per heavy atom. The van der Waals surface area contributed by atoms with E-state index in [-0.39, 0.29) is 11.1 Å². The smallest absolute Gasteiger partial charge is 0.192 e. The monoisotopic (exact) mass is 261 g/mol. The highest BCUT2D eigenvalue weighted by atomic mass is 28.4. The van der Waals surface area contributed by atoms with Gasteiger partial charge in [-0.3, -0.25) is 4.98 Å². The van der Waals surface area contributed by atoms with Crippen molar-refractivity contribution in [1.29, 1.82) is 0 Å². The first kappa shape index (κ1) is 13.5. The molecular formula is C15H23NOSi. The van der Waals surface area contributed by atoms with E-state index in [9.17, 15) is 0 Å². The molecule has 0 spiro atoms. The van der Waals surface area contributed by atoms with Gasteiger partial charge in [0.2, 0.25) is 0 Å². The molecule has 3 heteroatoms. The third-order valence-corrected chi connectivity index (χ3v) is 8.74. The molecule has 0 radical (unpaired) electrons. The fraction of sp³-hybridized carbons (Fsp3) is 0.533. The molecule has 1 atom stereocenters. The Morgan fingerprint density at radius 3 is 2.67 bits per heavy atom. The number of nitrogens with zero attached hydrogens (tertiary/aromatic N) is 1. The van der Waals surface area contributed by atoms with Gasteiger partial charge in [0, 0.05) is 24.4 Å². The van der Waals surface area contributed by atoms with Crippen molar-refractivity contribution in [1.82, 2.24) is 4.98 Å². The molecule has 1 aromatic rings. The summed E-state index contributed by atoms with van der Waals surface area (Å²) in [6.45, 7) is 15.6. The Kier molecular flexibility index (Phi) is 3.24. The maximum atomic E-state index is 6.51. The zero-order valence-electron chi connectivity index (χ0n) is 12.1. The molecule has 2 nitrogen and oxygen atoms in total. The van der Waals surface area contributed by atoms with Crippen molar-refractivity contribution in [2.24, 2.45) is 0 Å². The molecular weight excluding hydrogens is 238 g/mol. The van der Waals surface area contributed by atoms with Gasteiger partial charge >= 0.3 is 0 Å². The Hall–Kier alpha value is -0.933. The Morgan fingerprint density at radius 1 is 1.39 bits per heavy atom. The van der Waals surface area contributed by atoms with Gasteiger partial charge < -0.3 is 4.43 Å². The van der Waals surface area contributed by atoms with Crippen molar-refractivity contribution in [2.75, 3.05) is 0 Å². The maximum Gasteiger partial charge on any atom is 0.192 e. The van der Waals surface area contributed by atoms with Crippen molar-refractivity contribution < 1.29 is 4.43 Å². The first-order valence-electron chi connectivity index (χ1n) is 6.52. The lowest BCUT2D eigenvalue weighted by atomic mass is 10.1. The van der Waals surface area contributed by atoms with E-state index in [2.05, 4.69) is 51.5 Å². The standard InChI is InChI=1S/C15H23NOSi/c1-11-9-14(12-7-8-16-10-13(11)12)17-18(5,6)15(2,3)4/h7-8,10,14H,1,9H2,2-6H3. The molecule has 1 unspecified atom stereocenters. The molecule has 0 saturated heterocycles. The van der Waals surface area contributed by atoms with Crippen LogP contribution < -0.4 is 0 Å². The van der Waals surface area contributed by atoms with E-state index in [1.807, 2.05) is 12.4 Å². The number of hydrogen-bond donors (Lipinski definition) is 0. The summed E-state index contributed by atoms with van der Waals surface area (Å²) in [6, 6.07) is 2.07. The highest BCUT2D eigenvalue weighted by molar-refractivity contribution is 6.74. The maximum absolute atomic E-state index is 6.51. The van der Waals surface area contributed by atoms with E-state index in [1.165, 1.54) is 11.1 Å². The quantitative estimate of drug-likeness (QED) is 0.728. The van der Waals surface area contributed by atoms with Crippen LogP contribution in [-0.2, 0) is 4.43 Å². The summed E-state index contributed by atoms with van der Waals surface area (Å²) in [5, 5.41) is 0.240. The highest BCUT2D eigenvalue weighted by Crippen LogP contribution is 2.46. The topological polar surface area (TPSA) is 22.1 Å². The second-order valence-corrected chi connectivity index (χ2v) is 11.4. The van der Waals surface area contributed by atoms with E-state index >= 15 is 0 Å². The molecule has 0 amide bonds. The summed E-state index contributed by atoms with van der Waals surface area (Å²) in [4.78, 5) is 4.18. The van der Waals surface area contributed by atoms with E-state index in [1.54, 1.807) is 0 Å². The van der Waals surface area contributed by atoms with Crippen LogP contribution in [0, 0.1) is 0 Å². The van der Waals surface area contributed by atoms with Gasteiger partial charge in [-0.25, -0.2) is 0 Å². The van der Waals surface area contributed by atoms with Crippen LogP contribution in [0.2, 0.25) is 18.1 Å². The van der Waals surface area contributed by atoms with E-state index in [0.717, 1.165) is 12.0 Å². The first-order chi connectivity index (χ1) is 8.22. The van der Waals surface area contributed by atoms with Gasteiger partial charge in [0.15, 0.2) is 8.32 Å². The number of fused-ring (bicyclic) bond motifs is 1. The zero-order valence-corrected chi connectivity index (χ0v) is 13.1. The minimum absolute atomic E-state index is 0.177. The normalized spacial score (nSPS) is 20.1. The van der Waals surface area contributed by atoms with Crippen LogP contribution in [-0.4, -0.2) is 13.3 Å². The molecule has 1 aliphatic rings. The lowest BCUT2D eigenvalue weighted by molar-refractivity contribution is 0.194. The summed E-state index contributed by atoms with van der Waals surface area (Å²) in [5.74, 6) is 0. The van der Waals surface area contributed by atoms with Crippen LogP contribution in [0.3, 0.4) is 0 Å². The summed E-state index contributed by atoms with van der Waals surface area (Å²) in [7, 11) is -1.73. The molecule has 0 aromatic carbocycles. The largest absolute Gasteiger partial charge is 0.410 e. The van der Waals surface area contributed by atoms with E-state index < -0.39 is 8.32 Å². The molecule has 98 valence electrons. The van der Waals surface area contributed by atoms with Crippen molar-refractivity contribution in [2.45, 2.75) is 51.4 Å². The molecule has 0 fully saturated rings. The minimum Gasteiger partial charge on any atom is -0.410 e. The Balaban J connectivity index is 2.26. The summed E-state index contributed by atoms with van der Waals surface area (Å²) in [6.07, 6.45) is 4.84. The van der Waals surface area contributed by atoms with E-state index in [4.69, 9.17) is 4.43 Å². The Labute approximate surface area is 111 Å². The van der Waals surface area contributed by atoms with E-state index in [0.29, 0.717) is 0 Å². The lowest BCUT2D eigenvalue weighted by Gasteiger charge is -2.38. The minimum atomic E-state index is -1.73. The molecule has 1 aliphatic carbocycles. The van der Waals surface area contributed by atoms with Gasteiger partial charge in [-0.1, -0.05) is 27.4 Å². The number of hydrogen-bond acceptors (Lipinski definition) is 2. The summed E-state index contributed by atoms with van der Waals surface area (Å²) < 4.78 is 6.51. The van der Waals surface area contributed by atoms with Crippen LogP contribution in [0.15, 0.2) is 25.0 Å². The van der Waals surface area contributed by atoms with Gasteiger partial charge in [-0.2, -0.15) is 0 Å². The van der Waals surface area contributed by atoms with Gasteiger partial charge in [0.1, 0.15) is 0 Å². The van der Waals surface area contributed by atoms with Gasteiger partial charge in [0.25, 0.3) is 0 Å². The zero-order chi connectivity index (χ0) is 13.6. The number of pyridine rings is 1. The van der Waals surface area contributed by atoms with Crippen LogP contribution >= 0.6 is 0 Å². The SMILES string of the molecule is C=C1CC(O[Si](C)(C)C(C)(C)C)c2ccncc21. The summed E-state index contributed by atoms with van der Waals surface area (Å²) in [5.41, 5.74) is 3.60. The molecule has 18 heavy (non-hydrogen) atoms. The van der Waals surface area contributed by atoms with Crippen LogP contribution in [0.5, 0.6) is 0 Å². The first-order valence-corrected chi connectivity index (χ1v) is 9.43. The van der Waals surface area contributed by atoms with Crippen molar-refractivity contribution >= 4 is 13.9 Å². The summed E-state index contributed by atoms with van der Waals surface area (Å²) >= 11 is 0. The second kappa shape index (κ2) is 4.32. The average Bonchev–Trinajstić information content (AvgIpc) is 2.55. The van der Waals surface area contributed by atoms with Crippen molar-refractivity contribution in [3.05, 3.63) is 36.2 Å². The fourth-order valence-electron chi connectivity index (χ4n) is 2.06. The third-order valence-electron chi connectivity index (χ3n) is 4.26. The lowest BCUT2D eigenvalue weighted by Crippen LogP contribution is -2.41. The molecule has 1 aromatic heterocycles. The van der Waals surface area contributed by atoms with Crippen LogP contribution in [0.1, 0.15) is 44.4 Å². The number of rotatable bonds is 2. The van der Waals surface area contributed by atoms with Crippen molar-refractivity contribution in [3.8, 4) is 0 Å². The second-order valence-electron chi connectivity index (χ2n) is 6.64. The molecule has 0 aliphatic heterocycles. The average molecular weight is 261 g/mol. The third kappa shape index (κ3) is 2.29. The Bertz CT molecular complexity index is 474. The predicted molar refractivity (Wildman–Crippen MR) is 78.9 cm³/mol. The molecule has 0 saturated carbocycles. The van der Waals surface area contributed by atoms with Gasteiger partial charge in [-0.15, -0.1) is 0 Å².